The Balaban J connectivity index is 2.35. The highest BCUT2D eigenvalue weighted by Crippen LogP contribution is 2.19. The van der Waals surface area contributed by atoms with E-state index in [1.807, 2.05) is 0 Å². The molecular formula is C10H18OSi. The van der Waals surface area contributed by atoms with Crippen molar-refractivity contribution in [3.05, 3.63) is 23.8 Å². The van der Waals surface area contributed by atoms with E-state index in [2.05, 4.69) is 44.8 Å². The highest BCUT2D eigenvalue weighted by atomic mass is 28.4. The Bertz CT molecular complexity index is 210. The Kier molecular flexibility index (Phi) is 2.91. The lowest BCUT2D eigenvalue weighted by molar-refractivity contribution is 0.338. The van der Waals surface area contributed by atoms with Crippen molar-refractivity contribution in [3.63, 3.8) is 0 Å². The van der Waals surface area contributed by atoms with E-state index in [0.29, 0.717) is 5.92 Å². The van der Waals surface area contributed by atoms with Crippen LogP contribution in [0.3, 0.4) is 0 Å². The zero-order chi connectivity index (χ0) is 9.19. The summed E-state index contributed by atoms with van der Waals surface area (Å²) in [6.07, 6.45) is 6.50. The van der Waals surface area contributed by atoms with Gasteiger partial charge in [0.15, 0.2) is 8.32 Å². The summed E-state index contributed by atoms with van der Waals surface area (Å²) in [6, 6.07) is 0. The van der Waals surface area contributed by atoms with Crippen LogP contribution in [0.1, 0.15) is 6.92 Å². The fourth-order valence-electron chi connectivity index (χ4n) is 1.10. The van der Waals surface area contributed by atoms with Gasteiger partial charge in [0.1, 0.15) is 0 Å². The minimum absolute atomic E-state index is 0.585. The van der Waals surface area contributed by atoms with E-state index in [1.165, 1.54) is 5.57 Å². The van der Waals surface area contributed by atoms with Crippen LogP contribution in [0, 0.1) is 5.92 Å². The van der Waals surface area contributed by atoms with Crippen LogP contribution in [0.2, 0.25) is 19.6 Å². The highest BCUT2D eigenvalue weighted by molar-refractivity contribution is 6.69. The Labute approximate surface area is 76.3 Å². The second-order valence-electron chi connectivity index (χ2n) is 4.32. The molecule has 1 unspecified atom stereocenters. The van der Waals surface area contributed by atoms with Gasteiger partial charge in [0.2, 0.25) is 0 Å². The molecule has 0 spiro atoms. The highest BCUT2D eigenvalue weighted by Gasteiger charge is 2.17. The third-order valence-electron chi connectivity index (χ3n) is 1.97. The minimum atomic E-state index is -1.32. The lowest BCUT2D eigenvalue weighted by Crippen LogP contribution is -2.26. The van der Waals surface area contributed by atoms with Crippen LogP contribution in [-0.4, -0.2) is 14.9 Å². The molecule has 1 atom stereocenters. The van der Waals surface area contributed by atoms with Crippen molar-refractivity contribution in [1.29, 1.82) is 0 Å². The fraction of sp³-hybridized carbons (Fsp3) is 0.600. The lowest BCUT2D eigenvalue weighted by Gasteiger charge is -2.19. The Morgan fingerprint density at radius 2 is 2.08 bits per heavy atom. The molecule has 1 nitrogen and oxygen atoms in total. The molecule has 0 aromatic rings. The molecule has 0 saturated carbocycles. The molecule has 0 aromatic carbocycles. The maximum absolute atomic E-state index is 5.81. The van der Waals surface area contributed by atoms with Gasteiger partial charge in [-0.15, -0.1) is 0 Å². The number of hydrogen-bond donors (Lipinski definition) is 0. The Morgan fingerprint density at radius 3 is 2.50 bits per heavy atom. The summed E-state index contributed by atoms with van der Waals surface area (Å²) < 4.78 is 5.81. The molecular weight excluding hydrogens is 164 g/mol. The molecule has 0 N–H and O–H groups in total. The average Bonchev–Trinajstić information content (AvgIpc) is 2.29. The summed E-state index contributed by atoms with van der Waals surface area (Å²) in [7, 11) is -1.32. The standard InChI is InChI=1S/C10H18OSi/c1-9-6-5-7-10(9)8-11-12(2,3)4/h5-7,9H,8H2,1-4H3. The van der Waals surface area contributed by atoms with E-state index in [1.54, 1.807) is 0 Å². The van der Waals surface area contributed by atoms with Crippen molar-refractivity contribution < 1.29 is 4.43 Å². The van der Waals surface area contributed by atoms with Gasteiger partial charge in [-0.2, -0.15) is 0 Å². The van der Waals surface area contributed by atoms with Gasteiger partial charge >= 0.3 is 0 Å². The minimum Gasteiger partial charge on any atom is -0.414 e. The van der Waals surface area contributed by atoms with Crippen LogP contribution in [0.15, 0.2) is 23.8 Å². The van der Waals surface area contributed by atoms with E-state index >= 15 is 0 Å². The topological polar surface area (TPSA) is 9.23 Å². The molecule has 0 aromatic heterocycles. The van der Waals surface area contributed by atoms with Crippen LogP contribution in [-0.2, 0) is 4.43 Å². The summed E-state index contributed by atoms with van der Waals surface area (Å²) in [4.78, 5) is 0. The second kappa shape index (κ2) is 3.58. The molecule has 0 radical (unpaired) electrons. The van der Waals surface area contributed by atoms with Crippen molar-refractivity contribution in [3.8, 4) is 0 Å². The Morgan fingerprint density at radius 1 is 1.42 bits per heavy atom. The summed E-state index contributed by atoms with van der Waals surface area (Å²) in [5.74, 6) is 0.585. The van der Waals surface area contributed by atoms with Crippen molar-refractivity contribution in [2.75, 3.05) is 6.61 Å². The summed E-state index contributed by atoms with van der Waals surface area (Å²) in [5, 5.41) is 0. The van der Waals surface area contributed by atoms with Crippen LogP contribution < -0.4 is 0 Å². The average molecular weight is 182 g/mol. The third-order valence-corrected chi connectivity index (χ3v) is 2.98. The maximum Gasteiger partial charge on any atom is 0.184 e. The monoisotopic (exact) mass is 182 g/mol. The van der Waals surface area contributed by atoms with Gasteiger partial charge in [0.05, 0.1) is 6.61 Å². The maximum atomic E-state index is 5.81. The predicted molar refractivity (Wildman–Crippen MR) is 55.7 cm³/mol. The van der Waals surface area contributed by atoms with Gasteiger partial charge in [-0.1, -0.05) is 25.2 Å². The molecule has 0 bridgehead atoms. The molecule has 0 aliphatic heterocycles. The lowest BCUT2D eigenvalue weighted by atomic mass is 10.1. The van der Waals surface area contributed by atoms with E-state index in [0.717, 1.165) is 6.61 Å². The quantitative estimate of drug-likeness (QED) is 0.610. The molecule has 1 aliphatic rings. The summed E-state index contributed by atoms with van der Waals surface area (Å²) >= 11 is 0. The van der Waals surface area contributed by atoms with Gasteiger partial charge in [-0.3, -0.25) is 0 Å². The van der Waals surface area contributed by atoms with Crippen LogP contribution in [0.4, 0.5) is 0 Å². The SMILES string of the molecule is CC1C=CC=C1CO[Si](C)(C)C. The van der Waals surface area contributed by atoms with Gasteiger partial charge in [-0.05, 0) is 31.1 Å². The number of allylic oxidation sites excluding steroid dienone is 3. The third kappa shape index (κ3) is 2.95. The molecule has 0 amide bonds. The van der Waals surface area contributed by atoms with Gasteiger partial charge in [0, 0.05) is 0 Å². The first kappa shape index (κ1) is 9.74. The van der Waals surface area contributed by atoms with Crippen LogP contribution in [0.25, 0.3) is 0 Å². The molecule has 0 saturated heterocycles. The molecule has 12 heavy (non-hydrogen) atoms. The first-order chi connectivity index (χ1) is 5.49. The molecule has 0 fully saturated rings. The van der Waals surface area contributed by atoms with Crippen molar-refractivity contribution in [2.45, 2.75) is 26.6 Å². The normalized spacial score (nSPS) is 23.0. The largest absolute Gasteiger partial charge is 0.414 e. The zero-order valence-corrected chi connectivity index (χ0v) is 9.42. The van der Waals surface area contributed by atoms with Crippen molar-refractivity contribution in [1.82, 2.24) is 0 Å². The second-order valence-corrected chi connectivity index (χ2v) is 8.83. The molecule has 1 rings (SSSR count). The van der Waals surface area contributed by atoms with Crippen LogP contribution >= 0.6 is 0 Å². The van der Waals surface area contributed by atoms with E-state index in [4.69, 9.17) is 4.43 Å². The summed E-state index contributed by atoms with van der Waals surface area (Å²) in [5.41, 5.74) is 1.41. The molecule has 2 heteroatoms. The number of hydrogen-bond acceptors (Lipinski definition) is 1. The zero-order valence-electron chi connectivity index (χ0n) is 8.42. The molecule has 0 heterocycles. The summed E-state index contributed by atoms with van der Waals surface area (Å²) in [6.45, 7) is 9.70. The van der Waals surface area contributed by atoms with Gasteiger partial charge < -0.3 is 4.43 Å². The van der Waals surface area contributed by atoms with Crippen molar-refractivity contribution in [2.24, 2.45) is 5.92 Å². The number of rotatable bonds is 3. The molecule has 68 valence electrons. The van der Waals surface area contributed by atoms with Crippen molar-refractivity contribution >= 4 is 8.32 Å². The molecule has 1 aliphatic carbocycles. The van der Waals surface area contributed by atoms with Crippen LogP contribution in [0.5, 0.6) is 0 Å². The smallest absolute Gasteiger partial charge is 0.184 e. The predicted octanol–water partition coefficient (Wildman–Crippen LogP) is 2.97. The van der Waals surface area contributed by atoms with Gasteiger partial charge in [0.25, 0.3) is 0 Å². The van der Waals surface area contributed by atoms with E-state index < -0.39 is 8.32 Å². The fourth-order valence-corrected chi connectivity index (χ4v) is 1.70. The van der Waals surface area contributed by atoms with E-state index in [9.17, 15) is 0 Å². The first-order valence-electron chi connectivity index (χ1n) is 4.50. The van der Waals surface area contributed by atoms with E-state index in [-0.39, 0.29) is 0 Å². The Hall–Kier alpha value is -0.343. The first-order valence-corrected chi connectivity index (χ1v) is 7.91. The van der Waals surface area contributed by atoms with Gasteiger partial charge in [-0.25, -0.2) is 0 Å².